The van der Waals surface area contributed by atoms with E-state index in [0.29, 0.717) is 5.13 Å². The van der Waals surface area contributed by atoms with Crippen LogP contribution in [0.25, 0.3) is 22.6 Å². The molecule has 1 N–H and O–H groups in total. The highest BCUT2D eigenvalue weighted by atomic mass is 32.2. The fourth-order valence-electron chi connectivity index (χ4n) is 3.18. The fourth-order valence-corrected chi connectivity index (χ4v) is 4.78. The van der Waals surface area contributed by atoms with Crippen molar-refractivity contribution in [3.63, 3.8) is 0 Å². The minimum Gasteiger partial charge on any atom is -0.301 e. The van der Waals surface area contributed by atoms with E-state index in [0.717, 1.165) is 27.8 Å². The lowest BCUT2D eigenvalue weighted by Crippen LogP contribution is -2.15. The van der Waals surface area contributed by atoms with Crippen molar-refractivity contribution < 1.29 is 4.79 Å². The Morgan fingerprint density at radius 2 is 1.87 bits per heavy atom. The van der Waals surface area contributed by atoms with Crippen molar-refractivity contribution in [2.45, 2.75) is 32.0 Å². The number of thioether (sulfide) groups is 1. The summed E-state index contributed by atoms with van der Waals surface area (Å²) in [5.41, 5.74) is 4.08. The lowest BCUT2D eigenvalue weighted by atomic mass is 10.1. The molecule has 0 spiro atoms. The number of hydrogen-bond acceptors (Lipinski definition) is 6. The molecular formula is C23H23N5OS2. The number of aromatic nitrogens is 4. The van der Waals surface area contributed by atoms with Gasteiger partial charge in [-0.25, -0.2) is 4.98 Å². The van der Waals surface area contributed by atoms with Crippen molar-refractivity contribution in [2.24, 2.45) is 0 Å². The molecule has 0 saturated carbocycles. The Balaban J connectivity index is 1.43. The minimum atomic E-state index is -0.116. The number of anilines is 1. The Morgan fingerprint density at radius 1 is 1.10 bits per heavy atom. The van der Waals surface area contributed by atoms with Crippen LogP contribution in [0, 0.1) is 6.92 Å². The SMILES string of the molecule is Cc1cccc(-c2nnc(SCC(=O)Nc3nc(-c4ccccc4)cs3)n2C(C)C)c1. The number of hydrogen-bond donors (Lipinski definition) is 1. The summed E-state index contributed by atoms with van der Waals surface area (Å²) >= 11 is 2.80. The number of benzene rings is 2. The summed E-state index contributed by atoms with van der Waals surface area (Å²) in [7, 11) is 0. The zero-order valence-electron chi connectivity index (χ0n) is 17.6. The molecule has 0 atom stereocenters. The summed E-state index contributed by atoms with van der Waals surface area (Å²) in [6.45, 7) is 6.24. The van der Waals surface area contributed by atoms with Crippen LogP contribution >= 0.6 is 23.1 Å². The first-order valence-corrected chi connectivity index (χ1v) is 11.8. The van der Waals surface area contributed by atoms with Gasteiger partial charge in [0.15, 0.2) is 16.1 Å². The molecule has 4 rings (SSSR count). The maximum Gasteiger partial charge on any atom is 0.236 e. The fraction of sp³-hybridized carbons (Fsp3) is 0.217. The lowest BCUT2D eigenvalue weighted by Gasteiger charge is -2.14. The van der Waals surface area contributed by atoms with Crippen LogP contribution in [-0.4, -0.2) is 31.4 Å². The summed E-state index contributed by atoms with van der Waals surface area (Å²) in [5, 5.41) is 14.9. The molecule has 0 aliphatic rings. The first-order chi connectivity index (χ1) is 15.0. The summed E-state index contributed by atoms with van der Waals surface area (Å²) < 4.78 is 2.07. The van der Waals surface area contributed by atoms with Gasteiger partial charge in [0.1, 0.15) is 0 Å². The average Bonchev–Trinajstić information content (AvgIpc) is 3.40. The van der Waals surface area contributed by atoms with Crippen molar-refractivity contribution in [3.8, 4) is 22.6 Å². The molecule has 158 valence electrons. The molecule has 4 aromatic rings. The Labute approximate surface area is 189 Å². The van der Waals surface area contributed by atoms with Crippen LogP contribution in [0.2, 0.25) is 0 Å². The van der Waals surface area contributed by atoms with E-state index in [1.54, 1.807) is 0 Å². The monoisotopic (exact) mass is 449 g/mol. The largest absolute Gasteiger partial charge is 0.301 e. The van der Waals surface area contributed by atoms with Gasteiger partial charge in [-0.05, 0) is 26.8 Å². The third-order valence-electron chi connectivity index (χ3n) is 4.61. The maximum atomic E-state index is 12.5. The summed E-state index contributed by atoms with van der Waals surface area (Å²) in [6.07, 6.45) is 0. The van der Waals surface area contributed by atoms with Gasteiger partial charge in [-0.1, -0.05) is 65.9 Å². The summed E-state index contributed by atoms with van der Waals surface area (Å²) in [6, 6.07) is 18.3. The molecule has 8 heteroatoms. The molecule has 0 unspecified atom stereocenters. The Morgan fingerprint density at radius 3 is 2.61 bits per heavy atom. The molecule has 6 nitrogen and oxygen atoms in total. The first kappa shape index (κ1) is 21.3. The molecular weight excluding hydrogens is 426 g/mol. The van der Waals surface area contributed by atoms with E-state index in [2.05, 4.69) is 58.0 Å². The molecule has 2 aromatic carbocycles. The third-order valence-corrected chi connectivity index (χ3v) is 6.31. The van der Waals surface area contributed by atoms with Crippen LogP contribution < -0.4 is 5.32 Å². The third kappa shape index (κ3) is 5.03. The van der Waals surface area contributed by atoms with E-state index in [1.807, 2.05) is 47.8 Å². The Bertz CT molecular complexity index is 1180. The van der Waals surface area contributed by atoms with Gasteiger partial charge in [0.05, 0.1) is 11.4 Å². The second-order valence-corrected chi connectivity index (χ2v) is 9.18. The van der Waals surface area contributed by atoms with Gasteiger partial charge in [0.2, 0.25) is 5.91 Å². The van der Waals surface area contributed by atoms with E-state index in [9.17, 15) is 4.79 Å². The number of nitrogens with zero attached hydrogens (tertiary/aromatic N) is 4. The summed E-state index contributed by atoms with van der Waals surface area (Å²) in [4.78, 5) is 17.0. The smallest absolute Gasteiger partial charge is 0.236 e. The molecule has 2 aromatic heterocycles. The molecule has 0 bridgehead atoms. The minimum absolute atomic E-state index is 0.116. The van der Waals surface area contributed by atoms with Crippen molar-refractivity contribution >= 4 is 34.1 Å². The second kappa shape index (κ2) is 9.45. The van der Waals surface area contributed by atoms with Crippen molar-refractivity contribution in [3.05, 3.63) is 65.5 Å². The van der Waals surface area contributed by atoms with E-state index >= 15 is 0 Å². The first-order valence-electron chi connectivity index (χ1n) is 9.97. The van der Waals surface area contributed by atoms with E-state index < -0.39 is 0 Å². The molecule has 2 heterocycles. The number of nitrogens with one attached hydrogen (secondary N) is 1. The Hall–Kier alpha value is -2.97. The van der Waals surface area contributed by atoms with Crippen LogP contribution in [0.5, 0.6) is 0 Å². The van der Waals surface area contributed by atoms with Gasteiger partial charge >= 0.3 is 0 Å². The zero-order valence-corrected chi connectivity index (χ0v) is 19.2. The van der Waals surface area contributed by atoms with Crippen LogP contribution in [0.3, 0.4) is 0 Å². The quantitative estimate of drug-likeness (QED) is 0.367. The van der Waals surface area contributed by atoms with Crippen molar-refractivity contribution in [2.75, 3.05) is 11.1 Å². The normalized spacial score (nSPS) is 11.1. The van der Waals surface area contributed by atoms with Gasteiger partial charge in [-0.2, -0.15) is 0 Å². The molecule has 0 aliphatic carbocycles. The highest BCUT2D eigenvalue weighted by Gasteiger charge is 2.18. The molecule has 0 aliphatic heterocycles. The van der Waals surface area contributed by atoms with Gasteiger partial charge in [0.25, 0.3) is 0 Å². The van der Waals surface area contributed by atoms with E-state index in [-0.39, 0.29) is 17.7 Å². The molecule has 31 heavy (non-hydrogen) atoms. The number of rotatable bonds is 7. The average molecular weight is 450 g/mol. The number of carbonyl (C=O) groups is 1. The standard InChI is InChI=1S/C23H23N5OS2/c1-15(2)28-21(18-11-7-8-16(3)12-18)26-27-23(28)31-14-20(29)25-22-24-19(13-30-22)17-9-5-4-6-10-17/h4-13,15H,14H2,1-3H3,(H,24,25,29). The second-order valence-electron chi connectivity index (χ2n) is 7.38. The van der Waals surface area contributed by atoms with Crippen molar-refractivity contribution in [1.82, 2.24) is 19.7 Å². The predicted octanol–water partition coefficient (Wildman–Crippen LogP) is 5.69. The number of thiazole rings is 1. The van der Waals surface area contributed by atoms with Gasteiger partial charge in [-0.3, -0.25) is 9.36 Å². The topological polar surface area (TPSA) is 72.7 Å². The van der Waals surface area contributed by atoms with E-state index in [4.69, 9.17) is 0 Å². The highest BCUT2D eigenvalue weighted by Crippen LogP contribution is 2.29. The van der Waals surface area contributed by atoms with E-state index in [1.165, 1.54) is 28.7 Å². The van der Waals surface area contributed by atoms with Crippen LogP contribution in [0.4, 0.5) is 5.13 Å². The molecule has 0 saturated heterocycles. The Kier molecular flexibility index (Phi) is 6.48. The van der Waals surface area contributed by atoms with Gasteiger partial charge in [-0.15, -0.1) is 21.5 Å². The van der Waals surface area contributed by atoms with Crippen LogP contribution in [0.15, 0.2) is 65.1 Å². The molecule has 0 fully saturated rings. The lowest BCUT2D eigenvalue weighted by molar-refractivity contribution is -0.113. The van der Waals surface area contributed by atoms with Gasteiger partial charge < -0.3 is 5.32 Å². The number of aryl methyl sites for hydroxylation is 1. The highest BCUT2D eigenvalue weighted by molar-refractivity contribution is 7.99. The molecule has 1 amide bonds. The number of carbonyl (C=O) groups excluding carboxylic acids is 1. The molecule has 0 radical (unpaired) electrons. The van der Waals surface area contributed by atoms with Crippen molar-refractivity contribution in [1.29, 1.82) is 0 Å². The zero-order chi connectivity index (χ0) is 21.8. The number of amides is 1. The van der Waals surface area contributed by atoms with Crippen LogP contribution in [-0.2, 0) is 4.79 Å². The predicted molar refractivity (Wildman–Crippen MR) is 127 cm³/mol. The maximum absolute atomic E-state index is 12.5. The summed E-state index contributed by atoms with van der Waals surface area (Å²) in [5.74, 6) is 0.933. The van der Waals surface area contributed by atoms with Crippen LogP contribution in [0.1, 0.15) is 25.5 Å². The van der Waals surface area contributed by atoms with Gasteiger partial charge in [0, 0.05) is 22.5 Å².